The molecule has 0 aromatic heterocycles. The van der Waals surface area contributed by atoms with Gasteiger partial charge in [0.25, 0.3) is 0 Å². The summed E-state index contributed by atoms with van der Waals surface area (Å²) in [5, 5.41) is 0. The topological polar surface area (TPSA) is 44.8 Å². The van der Waals surface area contributed by atoms with Gasteiger partial charge in [-0.15, -0.1) is 0 Å². The molecule has 1 atom stereocenters. The van der Waals surface area contributed by atoms with Crippen molar-refractivity contribution in [3.63, 3.8) is 0 Å². The third kappa shape index (κ3) is 2.14. The number of hydrogen-bond acceptors (Lipinski definition) is 4. The van der Waals surface area contributed by atoms with Crippen molar-refractivity contribution < 1.29 is 19.0 Å². The number of benzene rings is 1. The highest BCUT2D eigenvalue weighted by molar-refractivity contribution is 9.09. The average Bonchev–Trinajstić information content (AvgIpc) is 2.75. The van der Waals surface area contributed by atoms with Crippen molar-refractivity contribution in [1.29, 1.82) is 0 Å². The molecule has 0 aliphatic carbocycles. The van der Waals surface area contributed by atoms with E-state index in [1.165, 1.54) is 0 Å². The second kappa shape index (κ2) is 4.74. The van der Waals surface area contributed by atoms with Gasteiger partial charge in [-0.1, -0.05) is 22.0 Å². The zero-order valence-electron chi connectivity index (χ0n) is 8.73. The minimum atomic E-state index is -0.470. The zero-order valence-corrected chi connectivity index (χ0v) is 10.3. The van der Waals surface area contributed by atoms with Gasteiger partial charge in [-0.3, -0.25) is 4.79 Å². The lowest BCUT2D eigenvalue weighted by atomic mass is 10.1. The van der Waals surface area contributed by atoms with E-state index in [0.29, 0.717) is 18.1 Å². The molecule has 4 nitrogen and oxygen atoms in total. The van der Waals surface area contributed by atoms with E-state index in [4.69, 9.17) is 14.2 Å². The molecule has 5 heteroatoms. The second-order valence-corrected chi connectivity index (χ2v) is 4.14. The Morgan fingerprint density at radius 1 is 1.50 bits per heavy atom. The van der Waals surface area contributed by atoms with E-state index in [2.05, 4.69) is 15.9 Å². The molecule has 0 saturated carbocycles. The summed E-state index contributed by atoms with van der Waals surface area (Å²) in [6.07, 6.45) is 0. The summed E-state index contributed by atoms with van der Waals surface area (Å²) in [4.78, 5) is 11.0. The largest absolute Gasteiger partial charge is 0.465 e. The SMILES string of the molecule is CCOC(=O)[C@H](Br)c1ccc2c(c1)OCO2. The van der Waals surface area contributed by atoms with E-state index < -0.39 is 4.83 Å². The van der Waals surface area contributed by atoms with Gasteiger partial charge in [0.05, 0.1) is 6.61 Å². The molecule has 0 spiro atoms. The van der Waals surface area contributed by atoms with Crippen LogP contribution in [0.25, 0.3) is 0 Å². The molecule has 0 amide bonds. The molecule has 1 aromatic carbocycles. The maximum Gasteiger partial charge on any atom is 0.324 e. The maximum atomic E-state index is 11.5. The van der Waals surface area contributed by atoms with Crippen LogP contribution < -0.4 is 9.47 Å². The van der Waals surface area contributed by atoms with E-state index in [0.717, 1.165) is 5.56 Å². The Balaban J connectivity index is 2.18. The summed E-state index contributed by atoms with van der Waals surface area (Å²) in [5.41, 5.74) is 0.794. The van der Waals surface area contributed by atoms with Crippen molar-refractivity contribution in [3.05, 3.63) is 23.8 Å². The molecule has 0 unspecified atom stereocenters. The highest BCUT2D eigenvalue weighted by Gasteiger charge is 2.21. The molecule has 1 aliphatic rings. The van der Waals surface area contributed by atoms with E-state index in [-0.39, 0.29) is 12.8 Å². The van der Waals surface area contributed by atoms with Gasteiger partial charge in [-0.05, 0) is 24.6 Å². The minimum Gasteiger partial charge on any atom is -0.465 e. The lowest BCUT2D eigenvalue weighted by Crippen LogP contribution is -2.10. The first-order valence-corrected chi connectivity index (χ1v) is 5.84. The summed E-state index contributed by atoms with van der Waals surface area (Å²) in [6, 6.07) is 5.37. The number of esters is 1. The van der Waals surface area contributed by atoms with Gasteiger partial charge < -0.3 is 14.2 Å². The van der Waals surface area contributed by atoms with Gasteiger partial charge in [0, 0.05) is 0 Å². The summed E-state index contributed by atoms with van der Waals surface area (Å²) in [6.45, 7) is 2.37. The van der Waals surface area contributed by atoms with Crippen LogP contribution in [-0.2, 0) is 9.53 Å². The molecule has 0 radical (unpaired) electrons. The fourth-order valence-corrected chi connectivity index (χ4v) is 1.84. The molecule has 0 N–H and O–H groups in total. The lowest BCUT2D eigenvalue weighted by molar-refractivity contribution is -0.142. The van der Waals surface area contributed by atoms with Crippen LogP contribution in [0.15, 0.2) is 18.2 Å². The third-order valence-corrected chi connectivity index (χ3v) is 3.09. The second-order valence-electron chi connectivity index (χ2n) is 3.23. The highest BCUT2D eigenvalue weighted by Crippen LogP contribution is 2.36. The number of ether oxygens (including phenoxy) is 3. The number of halogens is 1. The van der Waals surface area contributed by atoms with Crippen LogP contribution in [-0.4, -0.2) is 19.4 Å². The van der Waals surface area contributed by atoms with Crippen molar-refractivity contribution >= 4 is 21.9 Å². The number of carbonyl (C=O) groups is 1. The Morgan fingerprint density at radius 3 is 3.00 bits per heavy atom. The lowest BCUT2D eigenvalue weighted by Gasteiger charge is -2.09. The number of hydrogen-bond donors (Lipinski definition) is 0. The van der Waals surface area contributed by atoms with Crippen LogP contribution >= 0.6 is 15.9 Å². The maximum absolute atomic E-state index is 11.5. The third-order valence-electron chi connectivity index (χ3n) is 2.18. The fourth-order valence-electron chi connectivity index (χ4n) is 1.42. The first kappa shape index (κ1) is 11.3. The average molecular weight is 287 g/mol. The van der Waals surface area contributed by atoms with Gasteiger partial charge in [-0.2, -0.15) is 0 Å². The molecule has 0 saturated heterocycles. The van der Waals surface area contributed by atoms with E-state index in [1.54, 1.807) is 19.1 Å². The first-order valence-electron chi connectivity index (χ1n) is 4.92. The molecule has 0 bridgehead atoms. The molecule has 86 valence electrons. The van der Waals surface area contributed by atoms with Crippen molar-refractivity contribution in [1.82, 2.24) is 0 Å². The molecule has 1 aromatic rings. The predicted octanol–water partition coefficient (Wildman–Crippen LogP) is 2.41. The molecule has 2 rings (SSSR count). The Bertz CT molecular complexity index is 405. The van der Waals surface area contributed by atoms with E-state index >= 15 is 0 Å². The van der Waals surface area contributed by atoms with Crippen LogP contribution in [0, 0.1) is 0 Å². The fraction of sp³-hybridized carbons (Fsp3) is 0.364. The molecule has 1 aliphatic heterocycles. The summed E-state index contributed by atoms with van der Waals surface area (Å²) in [5.74, 6) is 1.06. The highest BCUT2D eigenvalue weighted by atomic mass is 79.9. The van der Waals surface area contributed by atoms with Gasteiger partial charge >= 0.3 is 5.97 Å². The zero-order chi connectivity index (χ0) is 11.5. The van der Waals surface area contributed by atoms with Gasteiger partial charge in [0.2, 0.25) is 6.79 Å². The Morgan fingerprint density at radius 2 is 2.25 bits per heavy atom. The van der Waals surface area contributed by atoms with E-state index in [9.17, 15) is 4.79 Å². The predicted molar refractivity (Wildman–Crippen MR) is 60.9 cm³/mol. The smallest absolute Gasteiger partial charge is 0.324 e. The normalized spacial score (nSPS) is 14.6. The standard InChI is InChI=1S/C11H11BrO4/c1-2-14-11(13)10(12)7-3-4-8-9(5-7)16-6-15-8/h3-5,10H,2,6H2,1H3/t10-/m1/s1. The van der Waals surface area contributed by atoms with Gasteiger partial charge in [0.1, 0.15) is 4.83 Å². The molecule has 16 heavy (non-hydrogen) atoms. The van der Waals surface area contributed by atoms with E-state index in [1.807, 2.05) is 6.07 Å². The molecule has 0 fully saturated rings. The van der Waals surface area contributed by atoms with Crippen LogP contribution in [0.5, 0.6) is 11.5 Å². The summed E-state index contributed by atoms with van der Waals surface area (Å²) in [7, 11) is 0. The Labute approximate surface area is 102 Å². The van der Waals surface area contributed by atoms with Crippen LogP contribution in [0.1, 0.15) is 17.3 Å². The number of carbonyl (C=O) groups excluding carboxylic acids is 1. The molecular formula is C11H11BrO4. The number of alkyl halides is 1. The summed E-state index contributed by atoms with van der Waals surface area (Å²) >= 11 is 3.29. The van der Waals surface area contributed by atoms with Crippen LogP contribution in [0.3, 0.4) is 0 Å². The molecule has 1 heterocycles. The minimum absolute atomic E-state index is 0.227. The van der Waals surface area contributed by atoms with Crippen molar-refractivity contribution in [2.24, 2.45) is 0 Å². The van der Waals surface area contributed by atoms with Crippen LogP contribution in [0.4, 0.5) is 0 Å². The van der Waals surface area contributed by atoms with Gasteiger partial charge in [-0.25, -0.2) is 0 Å². The van der Waals surface area contributed by atoms with Gasteiger partial charge in [0.15, 0.2) is 11.5 Å². The van der Waals surface area contributed by atoms with Crippen molar-refractivity contribution in [2.45, 2.75) is 11.8 Å². The van der Waals surface area contributed by atoms with Crippen molar-refractivity contribution in [2.75, 3.05) is 13.4 Å². The Kier molecular flexibility index (Phi) is 3.33. The number of fused-ring (bicyclic) bond motifs is 1. The monoisotopic (exact) mass is 286 g/mol. The number of rotatable bonds is 3. The van der Waals surface area contributed by atoms with Crippen LogP contribution in [0.2, 0.25) is 0 Å². The quantitative estimate of drug-likeness (QED) is 0.632. The Hall–Kier alpha value is -1.23. The molecular weight excluding hydrogens is 276 g/mol. The summed E-state index contributed by atoms with van der Waals surface area (Å²) < 4.78 is 15.3. The first-order chi connectivity index (χ1) is 7.72. The van der Waals surface area contributed by atoms with Crippen molar-refractivity contribution in [3.8, 4) is 11.5 Å².